The Balaban J connectivity index is 1.50. The number of ether oxygens (including phenoxy) is 2. The van der Waals surface area contributed by atoms with E-state index >= 15 is 0 Å². The second-order valence-corrected chi connectivity index (χ2v) is 9.47. The molecule has 35 heavy (non-hydrogen) atoms. The molecule has 1 aliphatic heterocycles. The third kappa shape index (κ3) is 4.62. The van der Waals surface area contributed by atoms with Gasteiger partial charge < -0.3 is 14.4 Å². The lowest BCUT2D eigenvalue weighted by molar-refractivity contribution is 0.0790. The van der Waals surface area contributed by atoms with E-state index in [0.717, 1.165) is 41.6 Å². The highest BCUT2D eigenvalue weighted by Gasteiger charge is 2.30. The van der Waals surface area contributed by atoms with Gasteiger partial charge in [0.25, 0.3) is 5.91 Å². The molecule has 0 radical (unpaired) electrons. The number of pyridine rings is 1. The van der Waals surface area contributed by atoms with Crippen LogP contribution >= 0.6 is 0 Å². The zero-order chi connectivity index (χ0) is 24.4. The number of methoxy groups -OCH3 is 2. The Bertz CT molecular complexity index is 1200. The fourth-order valence-electron chi connectivity index (χ4n) is 5.59. The zero-order valence-electron chi connectivity index (χ0n) is 20.3. The van der Waals surface area contributed by atoms with E-state index in [0.29, 0.717) is 36.1 Å². The smallest absolute Gasteiger partial charge is 0.255 e. The van der Waals surface area contributed by atoms with Gasteiger partial charge in [-0.25, -0.2) is 4.39 Å². The molecule has 0 spiro atoms. The summed E-state index contributed by atoms with van der Waals surface area (Å²) in [6, 6.07) is 14.4. The molecule has 5 nitrogen and oxygen atoms in total. The van der Waals surface area contributed by atoms with Gasteiger partial charge in [0.05, 0.1) is 31.0 Å². The van der Waals surface area contributed by atoms with Crippen LogP contribution in [-0.4, -0.2) is 43.1 Å². The van der Waals surface area contributed by atoms with Crippen LogP contribution in [0.4, 0.5) is 4.39 Å². The fraction of sp³-hybridized carbons (Fsp3) is 0.379. The highest BCUT2D eigenvalue weighted by Crippen LogP contribution is 2.45. The molecule has 1 saturated carbocycles. The maximum atomic E-state index is 13.7. The molecule has 1 atom stereocenters. The third-order valence-electron chi connectivity index (χ3n) is 7.40. The molecular weight excluding hydrogens is 443 g/mol. The first kappa shape index (κ1) is 23.3. The number of benzene rings is 2. The largest absolute Gasteiger partial charge is 0.496 e. The number of aromatic nitrogens is 1. The van der Waals surface area contributed by atoms with Crippen LogP contribution in [0.25, 0.3) is 11.1 Å². The molecule has 2 fully saturated rings. The van der Waals surface area contributed by atoms with Crippen molar-refractivity contribution in [3.8, 4) is 22.6 Å². The highest BCUT2D eigenvalue weighted by molar-refractivity contribution is 5.96. The summed E-state index contributed by atoms with van der Waals surface area (Å²) in [5.74, 6) is 1.59. The molecule has 1 aliphatic carbocycles. The average molecular weight is 475 g/mol. The number of carbonyl (C=O) groups excluding carboxylic acids is 1. The molecule has 182 valence electrons. The first-order valence-electron chi connectivity index (χ1n) is 12.3. The zero-order valence-corrected chi connectivity index (χ0v) is 20.3. The molecule has 2 aromatic carbocycles. The van der Waals surface area contributed by atoms with Gasteiger partial charge >= 0.3 is 0 Å². The minimum Gasteiger partial charge on any atom is -0.496 e. The van der Waals surface area contributed by atoms with Crippen molar-refractivity contribution in [2.75, 3.05) is 27.3 Å². The van der Waals surface area contributed by atoms with Crippen molar-refractivity contribution >= 4 is 5.91 Å². The van der Waals surface area contributed by atoms with E-state index < -0.39 is 0 Å². The Kier molecular flexibility index (Phi) is 6.71. The number of nitrogens with zero attached hydrogens (tertiary/aromatic N) is 2. The predicted octanol–water partition coefficient (Wildman–Crippen LogP) is 6.19. The van der Waals surface area contributed by atoms with E-state index in [4.69, 9.17) is 14.5 Å². The maximum Gasteiger partial charge on any atom is 0.255 e. The summed E-state index contributed by atoms with van der Waals surface area (Å²) >= 11 is 0. The number of hydrogen-bond acceptors (Lipinski definition) is 4. The number of carbonyl (C=O) groups is 1. The molecule has 1 saturated heterocycles. The maximum absolute atomic E-state index is 13.7. The Labute approximate surface area is 205 Å². The van der Waals surface area contributed by atoms with Crippen LogP contribution in [-0.2, 0) is 0 Å². The van der Waals surface area contributed by atoms with Gasteiger partial charge in [-0.2, -0.15) is 0 Å². The lowest BCUT2D eigenvalue weighted by Gasteiger charge is -2.21. The van der Waals surface area contributed by atoms with Gasteiger partial charge in [0.2, 0.25) is 0 Å². The molecule has 2 heterocycles. The number of halogens is 1. The molecule has 0 bridgehead atoms. The van der Waals surface area contributed by atoms with Crippen molar-refractivity contribution in [3.05, 3.63) is 77.4 Å². The topological polar surface area (TPSA) is 51.7 Å². The molecule has 5 rings (SSSR count). The summed E-state index contributed by atoms with van der Waals surface area (Å²) in [6.45, 7) is 1.21. The van der Waals surface area contributed by atoms with E-state index in [-0.39, 0.29) is 17.6 Å². The molecule has 3 aromatic rings. The molecule has 1 amide bonds. The molecule has 6 heteroatoms. The van der Waals surface area contributed by atoms with E-state index in [1.807, 2.05) is 35.2 Å². The lowest BCUT2D eigenvalue weighted by Crippen LogP contribution is -2.28. The summed E-state index contributed by atoms with van der Waals surface area (Å²) in [6.07, 6.45) is 7.08. The fourth-order valence-corrected chi connectivity index (χ4v) is 5.59. The average Bonchev–Trinajstić information content (AvgIpc) is 3.60. The van der Waals surface area contributed by atoms with Gasteiger partial charge in [-0.3, -0.25) is 9.78 Å². The highest BCUT2D eigenvalue weighted by atomic mass is 19.1. The minimum atomic E-state index is -0.241. The lowest BCUT2D eigenvalue weighted by atomic mass is 9.92. The Hall–Kier alpha value is -3.41. The Morgan fingerprint density at radius 1 is 0.971 bits per heavy atom. The van der Waals surface area contributed by atoms with Crippen LogP contribution in [0.2, 0.25) is 0 Å². The van der Waals surface area contributed by atoms with Gasteiger partial charge in [-0.15, -0.1) is 0 Å². The standard InChI is InChI=1S/C29H31FN2O3/c1-34-25-11-6-12-26(35-2)27(25)24-16-22(17-31-28(24)19-7-3-4-8-19)29(33)32-14-13-21(18-32)20-9-5-10-23(30)15-20/h5-6,9-12,15-17,19,21H,3-4,7-8,13-14,18H2,1-2H3. The van der Waals surface area contributed by atoms with Gasteiger partial charge in [-0.05, 0) is 55.2 Å². The Morgan fingerprint density at radius 3 is 2.37 bits per heavy atom. The number of likely N-dealkylation sites (tertiary alicyclic amines) is 1. The van der Waals surface area contributed by atoms with E-state index in [1.165, 1.54) is 18.9 Å². The molecule has 2 aliphatic rings. The van der Waals surface area contributed by atoms with E-state index in [1.54, 1.807) is 32.5 Å². The Morgan fingerprint density at radius 2 is 1.69 bits per heavy atom. The molecular formula is C29H31FN2O3. The van der Waals surface area contributed by atoms with Crippen LogP contribution in [0.5, 0.6) is 11.5 Å². The van der Waals surface area contributed by atoms with E-state index in [9.17, 15) is 9.18 Å². The van der Waals surface area contributed by atoms with Crippen LogP contribution in [0.15, 0.2) is 54.7 Å². The summed E-state index contributed by atoms with van der Waals surface area (Å²) in [5, 5.41) is 0. The van der Waals surface area contributed by atoms with Crippen LogP contribution in [0.3, 0.4) is 0 Å². The third-order valence-corrected chi connectivity index (χ3v) is 7.40. The summed E-state index contributed by atoms with van der Waals surface area (Å²) in [5.41, 5.74) is 4.23. The van der Waals surface area contributed by atoms with Gasteiger partial charge in [0.15, 0.2) is 0 Å². The van der Waals surface area contributed by atoms with Crippen LogP contribution in [0, 0.1) is 5.82 Å². The van der Waals surface area contributed by atoms with Crippen molar-refractivity contribution < 1.29 is 18.7 Å². The summed E-state index contributed by atoms with van der Waals surface area (Å²) < 4.78 is 25.1. The van der Waals surface area contributed by atoms with Gasteiger partial charge in [0.1, 0.15) is 17.3 Å². The van der Waals surface area contributed by atoms with Gasteiger partial charge in [-0.1, -0.05) is 31.0 Å². The summed E-state index contributed by atoms with van der Waals surface area (Å²) in [4.78, 5) is 20.3. The first-order chi connectivity index (χ1) is 17.1. The molecule has 1 unspecified atom stereocenters. The number of hydrogen-bond donors (Lipinski definition) is 0. The second-order valence-electron chi connectivity index (χ2n) is 9.47. The van der Waals surface area contributed by atoms with Crippen molar-refractivity contribution in [2.24, 2.45) is 0 Å². The molecule has 0 N–H and O–H groups in total. The number of amides is 1. The normalized spacial score (nSPS) is 18.1. The predicted molar refractivity (Wildman–Crippen MR) is 134 cm³/mol. The van der Waals surface area contributed by atoms with Crippen molar-refractivity contribution in [1.82, 2.24) is 9.88 Å². The minimum absolute atomic E-state index is 0.0514. The van der Waals surface area contributed by atoms with Crippen LogP contribution in [0.1, 0.15) is 65.6 Å². The van der Waals surface area contributed by atoms with E-state index in [2.05, 4.69) is 0 Å². The summed E-state index contributed by atoms with van der Waals surface area (Å²) in [7, 11) is 3.29. The number of rotatable bonds is 6. The van der Waals surface area contributed by atoms with Gasteiger partial charge in [0, 0.05) is 36.7 Å². The first-order valence-corrected chi connectivity index (χ1v) is 12.3. The van der Waals surface area contributed by atoms with Crippen molar-refractivity contribution in [1.29, 1.82) is 0 Å². The quantitative estimate of drug-likeness (QED) is 0.427. The second kappa shape index (κ2) is 10.1. The van der Waals surface area contributed by atoms with Crippen LogP contribution < -0.4 is 9.47 Å². The molecule has 1 aromatic heterocycles. The SMILES string of the molecule is COc1cccc(OC)c1-c1cc(C(=O)N2CCC(c3cccc(F)c3)C2)cnc1C1CCCC1. The monoisotopic (exact) mass is 474 g/mol. The van der Waals surface area contributed by atoms with Crippen molar-refractivity contribution in [2.45, 2.75) is 43.9 Å². The van der Waals surface area contributed by atoms with Crippen molar-refractivity contribution in [3.63, 3.8) is 0 Å².